The number of rotatable bonds is 4. The van der Waals surface area contributed by atoms with Crippen molar-refractivity contribution in [1.82, 2.24) is 10.6 Å². The highest BCUT2D eigenvalue weighted by molar-refractivity contribution is 4.88. The zero-order chi connectivity index (χ0) is 9.14. The van der Waals surface area contributed by atoms with Gasteiger partial charge in [-0.05, 0) is 24.8 Å². The molecule has 0 radical (unpaired) electrons. The van der Waals surface area contributed by atoms with Crippen LogP contribution in [-0.2, 0) is 0 Å². The maximum Gasteiger partial charge on any atom is 0.0589 e. The van der Waals surface area contributed by atoms with Crippen LogP contribution in [0.3, 0.4) is 0 Å². The summed E-state index contributed by atoms with van der Waals surface area (Å²) in [6, 6.07) is 0.745. The predicted molar refractivity (Wildman–Crippen MR) is 53.0 cm³/mol. The minimum Gasteiger partial charge on any atom is -0.302 e. The molecule has 2 nitrogen and oxygen atoms in total. The molecular formula is C10H22N2. The topological polar surface area (TPSA) is 24.1 Å². The third-order valence-corrected chi connectivity index (χ3v) is 2.48. The predicted octanol–water partition coefficient (Wildman–Crippen LogP) is 1.58. The largest absolute Gasteiger partial charge is 0.302 e. The van der Waals surface area contributed by atoms with Crippen LogP contribution in [0.5, 0.6) is 0 Å². The molecule has 0 spiro atoms. The van der Waals surface area contributed by atoms with Gasteiger partial charge in [-0.3, -0.25) is 5.32 Å². The van der Waals surface area contributed by atoms with E-state index in [1.165, 1.54) is 6.42 Å². The van der Waals surface area contributed by atoms with Crippen molar-refractivity contribution in [3.05, 3.63) is 0 Å². The Labute approximate surface area is 76.1 Å². The highest BCUT2D eigenvalue weighted by Gasteiger charge is 2.29. The summed E-state index contributed by atoms with van der Waals surface area (Å²) >= 11 is 0. The lowest BCUT2D eigenvalue weighted by Crippen LogP contribution is -2.61. The Morgan fingerprint density at radius 3 is 2.33 bits per heavy atom. The van der Waals surface area contributed by atoms with Crippen molar-refractivity contribution >= 4 is 0 Å². The van der Waals surface area contributed by atoms with E-state index in [-0.39, 0.29) is 0 Å². The average molecular weight is 170 g/mol. The molecule has 2 N–H and O–H groups in total. The molecule has 0 aromatic carbocycles. The summed E-state index contributed by atoms with van der Waals surface area (Å²) in [4.78, 5) is 0. The van der Waals surface area contributed by atoms with Gasteiger partial charge in [0.25, 0.3) is 0 Å². The molecule has 2 atom stereocenters. The number of hydrogen-bond donors (Lipinski definition) is 2. The fourth-order valence-corrected chi connectivity index (χ4v) is 1.47. The molecule has 1 aliphatic rings. The Morgan fingerprint density at radius 2 is 1.92 bits per heavy atom. The standard InChI is InChI=1S/C10H22N2/c1-7(2)6-11-10-5-9(12-10)8(3)4/h7-12H,5-6H2,1-4H3. The highest BCUT2D eigenvalue weighted by atomic mass is 15.2. The molecule has 1 fully saturated rings. The third-order valence-electron chi connectivity index (χ3n) is 2.48. The van der Waals surface area contributed by atoms with Gasteiger partial charge in [-0.1, -0.05) is 27.7 Å². The third kappa shape index (κ3) is 2.76. The van der Waals surface area contributed by atoms with Crippen molar-refractivity contribution < 1.29 is 0 Å². The first-order valence-electron chi connectivity index (χ1n) is 5.09. The van der Waals surface area contributed by atoms with Crippen molar-refractivity contribution in [3.63, 3.8) is 0 Å². The molecule has 1 saturated heterocycles. The van der Waals surface area contributed by atoms with Crippen LogP contribution in [0.15, 0.2) is 0 Å². The molecule has 0 saturated carbocycles. The SMILES string of the molecule is CC(C)CNC1CC(C(C)C)N1. The first-order chi connectivity index (χ1) is 5.59. The summed E-state index contributed by atoms with van der Waals surface area (Å²) in [6.45, 7) is 10.2. The summed E-state index contributed by atoms with van der Waals surface area (Å²) in [5.74, 6) is 1.53. The fourth-order valence-electron chi connectivity index (χ4n) is 1.47. The molecule has 1 aliphatic heterocycles. The molecule has 1 rings (SSSR count). The minimum atomic E-state index is 0.583. The van der Waals surface area contributed by atoms with Crippen LogP contribution in [0.2, 0.25) is 0 Å². The summed E-state index contributed by atoms with van der Waals surface area (Å²) in [5.41, 5.74) is 0. The maximum atomic E-state index is 3.52. The lowest BCUT2D eigenvalue weighted by molar-refractivity contribution is 0.175. The van der Waals surface area contributed by atoms with E-state index in [0.717, 1.165) is 24.4 Å². The quantitative estimate of drug-likeness (QED) is 0.669. The van der Waals surface area contributed by atoms with E-state index in [1.54, 1.807) is 0 Å². The van der Waals surface area contributed by atoms with Crippen molar-refractivity contribution in [2.24, 2.45) is 11.8 Å². The monoisotopic (exact) mass is 170 g/mol. The van der Waals surface area contributed by atoms with Gasteiger partial charge >= 0.3 is 0 Å². The minimum absolute atomic E-state index is 0.583. The van der Waals surface area contributed by atoms with Gasteiger partial charge in [-0.15, -0.1) is 0 Å². The van der Waals surface area contributed by atoms with Crippen LogP contribution in [0.1, 0.15) is 34.1 Å². The van der Waals surface area contributed by atoms with Crippen LogP contribution < -0.4 is 10.6 Å². The Kier molecular flexibility index (Phi) is 3.53. The van der Waals surface area contributed by atoms with E-state index in [1.807, 2.05) is 0 Å². The van der Waals surface area contributed by atoms with Gasteiger partial charge in [-0.25, -0.2) is 0 Å². The second-order valence-corrected chi connectivity index (χ2v) is 4.61. The molecule has 12 heavy (non-hydrogen) atoms. The second kappa shape index (κ2) is 4.24. The molecule has 0 aliphatic carbocycles. The van der Waals surface area contributed by atoms with Crippen LogP contribution in [-0.4, -0.2) is 18.8 Å². The highest BCUT2D eigenvalue weighted by Crippen LogP contribution is 2.17. The van der Waals surface area contributed by atoms with E-state index in [2.05, 4.69) is 38.3 Å². The van der Waals surface area contributed by atoms with E-state index in [0.29, 0.717) is 6.17 Å². The Balaban J connectivity index is 2.02. The van der Waals surface area contributed by atoms with Gasteiger partial charge in [0.2, 0.25) is 0 Å². The van der Waals surface area contributed by atoms with Gasteiger partial charge in [0.05, 0.1) is 6.17 Å². The molecule has 72 valence electrons. The van der Waals surface area contributed by atoms with Gasteiger partial charge in [0, 0.05) is 6.04 Å². The maximum absolute atomic E-state index is 3.52. The molecule has 0 bridgehead atoms. The van der Waals surface area contributed by atoms with Crippen LogP contribution in [0, 0.1) is 11.8 Å². The van der Waals surface area contributed by atoms with Crippen LogP contribution in [0.25, 0.3) is 0 Å². The van der Waals surface area contributed by atoms with Crippen molar-refractivity contribution in [2.75, 3.05) is 6.54 Å². The summed E-state index contributed by atoms with van der Waals surface area (Å²) in [5, 5.41) is 7.02. The van der Waals surface area contributed by atoms with Crippen molar-refractivity contribution in [2.45, 2.75) is 46.3 Å². The summed E-state index contributed by atoms with van der Waals surface area (Å²) in [7, 11) is 0. The molecular weight excluding hydrogens is 148 g/mol. The molecule has 0 amide bonds. The zero-order valence-corrected chi connectivity index (χ0v) is 8.72. The molecule has 0 aromatic rings. The smallest absolute Gasteiger partial charge is 0.0589 e. The molecule has 2 unspecified atom stereocenters. The Hall–Kier alpha value is -0.0800. The summed E-state index contributed by atoms with van der Waals surface area (Å²) < 4.78 is 0. The van der Waals surface area contributed by atoms with E-state index >= 15 is 0 Å². The second-order valence-electron chi connectivity index (χ2n) is 4.61. The first kappa shape index (κ1) is 10.0. The zero-order valence-electron chi connectivity index (χ0n) is 8.72. The lowest BCUT2D eigenvalue weighted by Gasteiger charge is -2.40. The molecule has 2 heteroatoms. The summed E-state index contributed by atoms with van der Waals surface area (Å²) in [6.07, 6.45) is 1.88. The average Bonchev–Trinajstić information content (AvgIpc) is 1.82. The number of nitrogens with one attached hydrogen (secondary N) is 2. The number of hydrogen-bond acceptors (Lipinski definition) is 2. The van der Waals surface area contributed by atoms with Gasteiger partial charge in [0.1, 0.15) is 0 Å². The van der Waals surface area contributed by atoms with E-state index < -0.39 is 0 Å². The van der Waals surface area contributed by atoms with Gasteiger partial charge in [0.15, 0.2) is 0 Å². The van der Waals surface area contributed by atoms with Crippen molar-refractivity contribution in [3.8, 4) is 0 Å². The van der Waals surface area contributed by atoms with Crippen molar-refractivity contribution in [1.29, 1.82) is 0 Å². The first-order valence-corrected chi connectivity index (χ1v) is 5.09. The molecule has 1 heterocycles. The fraction of sp³-hybridized carbons (Fsp3) is 1.00. The lowest BCUT2D eigenvalue weighted by atomic mass is 9.92. The normalized spacial score (nSPS) is 29.5. The van der Waals surface area contributed by atoms with Crippen LogP contribution >= 0.6 is 0 Å². The van der Waals surface area contributed by atoms with E-state index in [9.17, 15) is 0 Å². The van der Waals surface area contributed by atoms with E-state index in [4.69, 9.17) is 0 Å². The van der Waals surface area contributed by atoms with Gasteiger partial charge < -0.3 is 5.32 Å². The Morgan fingerprint density at radius 1 is 1.33 bits per heavy atom. The van der Waals surface area contributed by atoms with Crippen LogP contribution in [0.4, 0.5) is 0 Å². The van der Waals surface area contributed by atoms with Gasteiger partial charge in [-0.2, -0.15) is 0 Å². The molecule has 0 aromatic heterocycles. The Bertz CT molecular complexity index is 123.